The summed E-state index contributed by atoms with van der Waals surface area (Å²) in [5.41, 5.74) is 1.00. The van der Waals surface area contributed by atoms with Crippen LogP contribution in [0, 0.1) is 0 Å². The number of hydrogen-bond acceptors (Lipinski definition) is 3. The van der Waals surface area contributed by atoms with Crippen LogP contribution in [0.15, 0.2) is 36.9 Å². The quantitative estimate of drug-likeness (QED) is 0.934. The van der Waals surface area contributed by atoms with E-state index in [0.717, 1.165) is 5.56 Å². The van der Waals surface area contributed by atoms with Crippen molar-refractivity contribution in [2.45, 2.75) is 25.9 Å². The largest absolute Gasteiger partial charge is 0.348 e. The Balaban J connectivity index is 2.00. The minimum Gasteiger partial charge on any atom is -0.348 e. The molecule has 1 aromatic carbocycles. The molecule has 0 aliphatic rings. The van der Waals surface area contributed by atoms with Gasteiger partial charge in [-0.05, 0) is 31.5 Å². The molecule has 2 rings (SSSR count). The summed E-state index contributed by atoms with van der Waals surface area (Å²) >= 11 is 5.83. The molecule has 0 unspecified atom stereocenters. The zero-order valence-electron chi connectivity index (χ0n) is 10.7. The molecule has 0 aliphatic heterocycles. The number of nitrogens with one attached hydrogen (secondary N) is 1. The van der Waals surface area contributed by atoms with Crippen molar-refractivity contribution in [3.63, 3.8) is 0 Å². The molecule has 1 amide bonds. The fourth-order valence-electron chi connectivity index (χ4n) is 1.71. The van der Waals surface area contributed by atoms with Crippen LogP contribution in [0.25, 0.3) is 0 Å². The van der Waals surface area contributed by atoms with Gasteiger partial charge >= 0.3 is 0 Å². The topological polar surface area (TPSA) is 59.8 Å². The molecular weight excluding hydrogens is 264 g/mol. The number of hydrogen-bond donors (Lipinski definition) is 1. The molecule has 6 heteroatoms. The molecule has 1 heterocycles. The third-order valence-electron chi connectivity index (χ3n) is 2.94. The van der Waals surface area contributed by atoms with Gasteiger partial charge in [-0.3, -0.25) is 4.79 Å². The van der Waals surface area contributed by atoms with Gasteiger partial charge in [-0.2, -0.15) is 5.10 Å². The van der Waals surface area contributed by atoms with Gasteiger partial charge in [-0.1, -0.05) is 23.7 Å². The lowest BCUT2D eigenvalue weighted by molar-refractivity contribution is -0.124. The summed E-state index contributed by atoms with van der Waals surface area (Å²) < 4.78 is 1.52. The summed E-state index contributed by atoms with van der Waals surface area (Å²) in [6, 6.07) is 6.93. The van der Waals surface area contributed by atoms with E-state index in [1.165, 1.54) is 17.3 Å². The molecule has 0 saturated carbocycles. The molecule has 2 aromatic rings. The summed E-state index contributed by atoms with van der Waals surface area (Å²) in [6.07, 6.45) is 2.93. The molecule has 0 spiro atoms. The maximum Gasteiger partial charge on any atom is 0.245 e. The van der Waals surface area contributed by atoms with Gasteiger partial charge in [-0.25, -0.2) is 9.67 Å². The first-order valence-electron chi connectivity index (χ1n) is 5.98. The zero-order chi connectivity index (χ0) is 13.8. The highest BCUT2D eigenvalue weighted by Crippen LogP contribution is 2.16. The van der Waals surface area contributed by atoms with E-state index >= 15 is 0 Å². The van der Waals surface area contributed by atoms with E-state index in [-0.39, 0.29) is 11.9 Å². The van der Waals surface area contributed by atoms with Gasteiger partial charge in [0.1, 0.15) is 18.7 Å². The molecule has 1 aromatic heterocycles. The van der Waals surface area contributed by atoms with Gasteiger partial charge in [0.2, 0.25) is 5.91 Å². The number of amides is 1. The van der Waals surface area contributed by atoms with Crippen molar-refractivity contribution >= 4 is 17.5 Å². The van der Waals surface area contributed by atoms with Gasteiger partial charge in [0, 0.05) is 5.02 Å². The number of rotatable bonds is 4. The van der Waals surface area contributed by atoms with E-state index in [9.17, 15) is 4.79 Å². The van der Waals surface area contributed by atoms with Gasteiger partial charge in [-0.15, -0.1) is 0 Å². The molecule has 19 heavy (non-hydrogen) atoms. The minimum absolute atomic E-state index is 0.0873. The van der Waals surface area contributed by atoms with Crippen LogP contribution in [0.5, 0.6) is 0 Å². The molecule has 0 bridgehead atoms. The Morgan fingerprint density at radius 1 is 1.32 bits per heavy atom. The molecule has 2 atom stereocenters. The van der Waals surface area contributed by atoms with Gasteiger partial charge < -0.3 is 5.32 Å². The third-order valence-corrected chi connectivity index (χ3v) is 3.19. The van der Waals surface area contributed by atoms with Crippen molar-refractivity contribution < 1.29 is 4.79 Å². The van der Waals surface area contributed by atoms with Crippen molar-refractivity contribution in [3.8, 4) is 0 Å². The molecule has 5 nitrogen and oxygen atoms in total. The Morgan fingerprint density at radius 2 is 2.00 bits per heavy atom. The van der Waals surface area contributed by atoms with E-state index in [2.05, 4.69) is 15.4 Å². The molecule has 0 fully saturated rings. The Labute approximate surface area is 116 Å². The fraction of sp³-hybridized carbons (Fsp3) is 0.308. The molecule has 1 N–H and O–H groups in total. The molecule has 0 saturated heterocycles. The average molecular weight is 279 g/mol. The number of benzene rings is 1. The Bertz CT molecular complexity index is 538. The van der Waals surface area contributed by atoms with Gasteiger partial charge in [0.25, 0.3) is 0 Å². The molecule has 0 aliphatic carbocycles. The van der Waals surface area contributed by atoms with Crippen LogP contribution in [0.2, 0.25) is 5.02 Å². The Kier molecular flexibility index (Phi) is 4.16. The summed E-state index contributed by atoms with van der Waals surface area (Å²) in [7, 11) is 0. The average Bonchev–Trinajstić information content (AvgIpc) is 2.92. The highest BCUT2D eigenvalue weighted by atomic mass is 35.5. The van der Waals surface area contributed by atoms with E-state index in [4.69, 9.17) is 11.6 Å². The van der Waals surface area contributed by atoms with Gasteiger partial charge in [0.15, 0.2) is 0 Å². The van der Waals surface area contributed by atoms with Gasteiger partial charge in [0.05, 0.1) is 6.04 Å². The second-order valence-corrected chi connectivity index (χ2v) is 4.77. The molecule has 0 radical (unpaired) electrons. The lowest BCUT2D eigenvalue weighted by atomic mass is 10.1. The fourth-order valence-corrected chi connectivity index (χ4v) is 1.83. The lowest BCUT2D eigenvalue weighted by Crippen LogP contribution is -2.33. The highest BCUT2D eigenvalue weighted by Gasteiger charge is 2.17. The summed E-state index contributed by atoms with van der Waals surface area (Å²) in [5.74, 6) is -0.104. The van der Waals surface area contributed by atoms with Crippen molar-refractivity contribution in [3.05, 3.63) is 47.5 Å². The van der Waals surface area contributed by atoms with Crippen LogP contribution < -0.4 is 5.32 Å². The zero-order valence-corrected chi connectivity index (χ0v) is 11.5. The van der Waals surface area contributed by atoms with Crippen LogP contribution in [-0.2, 0) is 4.79 Å². The number of carbonyl (C=O) groups is 1. The van der Waals surface area contributed by atoms with E-state index < -0.39 is 6.04 Å². The van der Waals surface area contributed by atoms with Crippen molar-refractivity contribution in [2.24, 2.45) is 0 Å². The highest BCUT2D eigenvalue weighted by molar-refractivity contribution is 6.30. The predicted molar refractivity (Wildman–Crippen MR) is 72.7 cm³/mol. The number of nitrogens with zero attached hydrogens (tertiary/aromatic N) is 3. The summed E-state index contributed by atoms with van der Waals surface area (Å²) in [4.78, 5) is 15.9. The van der Waals surface area contributed by atoms with Crippen molar-refractivity contribution in [1.82, 2.24) is 20.1 Å². The van der Waals surface area contributed by atoms with Crippen LogP contribution in [0.4, 0.5) is 0 Å². The van der Waals surface area contributed by atoms with Crippen LogP contribution in [-0.4, -0.2) is 20.7 Å². The second kappa shape index (κ2) is 5.84. The molecule has 100 valence electrons. The number of carbonyl (C=O) groups excluding carboxylic acids is 1. The first-order valence-corrected chi connectivity index (χ1v) is 6.35. The van der Waals surface area contributed by atoms with Crippen LogP contribution in [0.3, 0.4) is 0 Å². The Morgan fingerprint density at radius 3 is 2.58 bits per heavy atom. The van der Waals surface area contributed by atoms with Crippen LogP contribution in [0.1, 0.15) is 31.5 Å². The van der Waals surface area contributed by atoms with E-state index in [0.29, 0.717) is 5.02 Å². The minimum atomic E-state index is -0.391. The third kappa shape index (κ3) is 3.32. The van der Waals surface area contributed by atoms with Crippen LogP contribution >= 0.6 is 11.6 Å². The summed E-state index contributed by atoms with van der Waals surface area (Å²) in [6.45, 7) is 3.70. The SMILES string of the molecule is C[C@H](NC(=O)[C@H](C)n1cncn1)c1ccc(Cl)cc1. The first kappa shape index (κ1) is 13.5. The van der Waals surface area contributed by atoms with E-state index in [1.54, 1.807) is 19.1 Å². The Hall–Kier alpha value is -1.88. The smallest absolute Gasteiger partial charge is 0.245 e. The number of aromatic nitrogens is 3. The normalized spacial score (nSPS) is 13.8. The van der Waals surface area contributed by atoms with E-state index in [1.807, 2.05) is 19.1 Å². The van der Waals surface area contributed by atoms with Crippen molar-refractivity contribution in [2.75, 3.05) is 0 Å². The number of halogens is 1. The predicted octanol–water partition coefficient (Wildman–Crippen LogP) is 2.37. The monoisotopic (exact) mass is 278 g/mol. The van der Waals surface area contributed by atoms with Crippen molar-refractivity contribution in [1.29, 1.82) is 0 Å². The lowest BCUT2D eigenvalue weighted by Gasteiger charge is -2.18. The standard InChI is InChI=1S/C13H15ClN4O/c1-9(11-3-5-12(14)6-4-11)17-13(19)10(2)18-8-15-7-16-18/h3-10H,1-2H3,(H,17,19)/t9-,10-/m0/s1. The maximum atomic E-state index is 12.1. The summed E-state index contributed by atoms with van der Waals surface area (Å²) in [5, 5.41) is 7.57. The first-order chi connectivity index (χ1) is 9.08. The second-order valence-electron chi connectivity index (χ2n) is 4.33. The molecular formula is C13H15ClN4O. The maximum absolute atomic E-state index is 12.1.